The summed E-state index contributed by atoms with van der Waals surface area (Å²) in [6.07, 6.45) is 15.8. The van der Waals surface area contributed by atoms with E-state index < -0.39 is 35.4 Å². The van der Waals surface area contributed by atoms with E-state index in [4.69, 9.17) is 0 Å². The van der Waals surface area contributed by atoms with Crippen molar-refractivity contribution in [2.45, 2.75) is 149 Å². The SMILES string of the molecule is CCC[C@H](CC(=O)[C@@H]1[C@H]2CCC[C@H]2CN1C(=O)[C@@H](NC(=O)[C@@H](CC(=O)c1cnccn1)CC1CCCCC1)C(C)(C)C)C(O)C(=O)CC1CC1. The predicted molar refractivity (Wildman–Crippen MR) is 190 cm³/mol. The van der Waals surface area contributed by atoms with Crippen molar-refractivity contribution in [1.82, 2.24) is 20.2 Å². The fourth-order valence-corrected chi connectivity index (χ4v) is 9.01. The van der Waals surface area contributed by atoms with E-state index in [9.17, 15) is 29.1 Å². The molecule has 0 radical (unpaired) electrons. The molecule has 1 aromatic rings. The number of Topliss-reactive ketones (excluding diaryl/α,β-unsaturated/α-hetero) is 3. The fraction of sp³-hybridized carbons (Fsp3) is 0.775. The molecule has 10 heteroatoms. The molecule has 276 valence electrons. The highest BCUT2D eigenvalue weighted by atomic mass is 16.3. The first-order valence-electron chi connectivity index (χ1n) is 19.5. The molecular weight excluding hydrogens is 632 g/mol. The molecule has 0 aromatic carbocycles. The minimum Gasteiger partial charge on any atom is -0.385 e. The van der Waals surface area contributed by atoms with Crippen LogP contribution in [-0.4, -0.2) is 73.9 Å². The number of aromatic nitrogens is 2. The first-order valence-corrected chi connectivity index (χ1v) is 19.5. The molecule has 2 heterocycles. The molecule has 2 amide bonds. The van der Waals surface area contributed by atoms with Gasteiger partial charge in [0.1, 0.15) is 17.8 Å². The molecule has 0 bridgehead atoms. The Morgan fingerprint density at radius 2 is 1.68 bits per heavy atom. The molecule has 5 rings (SSSR count). The molecule has 2 N–H and O–H groups in total. The maximum absolute atomic E-state index is 14.7. The highest BCUT2D eigenvalue weighted by Gasteiger charge is 2.52. The van der Waals surface area contributed by atoms with Gasteiger partial charge in [0.15, 0.2) is 17.3 Å². The Kier molecular flexibility index (Phi) is 13.0. The van der Waals surface area contributed by atoms with Crippen molar-refractivity contribution in [3.8, 4) is 0 Å². The van der Waals surface area contributed by atoms with Crippen LogP contribution in [-0.2, 0) is 19.2 Å². The summed E-state index contributed by atoms with van der Waals surface area (Å²) >= 11 is 0. The van der Waals surface area contributed by atoms with E-state index in [1.165, 1.54) is 25.0 Å². The van der Waals surface area contributed by atoms with Gasteiger partial charge >= 0.3 is 0 Å². The molecule has 3 aliphatic carbocycles. The fourth-order valence-electron chi connectivity index (χ4n) is 9.01. The number of ketones is 3. The second-order valence-electron chi connectivity index (χ2n) is 17.0. The zero-order valence-electron chi connectivity index (χ0n) is 30.8. The number of aliphatic hydroxyl groups excluding tert-OH is 1. The maximum atomic E-state index is 14.7. The Morgan fingerprint density at radius 3 is 2.32 bits per heavy atom. The van der Waals surface area contributed by atoms with E-state index in [1.807, 2.05) is 27.7 Å². The van der Waals surface area contributed by atoms with E-state index in [-0.39, 0.29) is 59.5 Å². The van der Waals surface area contributed by atoms with Crippen LogP contribution >= 0.6 is 0 Å². The highest BCUT2D eigenvalue weighted by Crippen LogP contribution is 2.44. The third kappa shape index (κ3) is 9.65. The number of aliphatic hydroxyl groups is 1. The molecule has 4 aliphatic rings. The molecule has 1 saturated heterocycles. The van der Waals surface area contributed by atoms with Gasteiger partial charge in [0, 0.05) is 44.1 Å². The maximum Gasteiger partial charge on any atom is 0.246 e. The lowest BCUT2D eigenvalue weighted by Crippen LogP contribution is -2.58. The molecule has 1 aliphatic heterocycles. The number of hydrogen-bond acceptors (Lipinski definition) is 8. The lowest BCUT2D eigenvalue weighted by atomic mass is 9.80. The van der Waals surface area contributed by atoms with Crippen molar-refractivity contribution in [2.24, 2.45) is 40.9 Å². The number of carbonyl (C=O) groups excluding carboxylic acids is 5. The Labute approximate surface area is 298 Å². The van der Waals surface area contributed by atoms with Gasteiger partial charge in [-0.15, -0.1) is 0 Å². The molecule has 3 saturated carbocycles. The topological polar surface area (TPSA) is 147 Å². The van der Waals surface area contributed by atoms with Crippen LogP contribution in [0.15, 0.2) is 18.6 Å². The van der Waals surface area contributed by atoms with Gasteiger partial charge in [-0.1, -0.05) is 72.6 Å². The van der Waals surface area contributed by atoms with Crippen LogP contribution in [0.25, 0.3) is 0 Å². The molecule has 0 spiro atoms. The van der Waals surface area contributed by atoms with Gasteiger partial charge in [-0.05, 0) is 73.5 Å². The molecule has 50 heavy (non-hydrogen) atoms. The van der Waals surface area contributed by atoms with E-state index in [0.29, 0.717) is 37.6 Å². The number of amides is 2. The Hall–Kier alpha value is -3.01. The quantitative estimate of drug-likeness (QED) is 0.192. The molecule has 1 unspecified atom stereocenters. The van der Waals surface area contributed by atoms with Crippen LogP contribution in [0.3, 0.4) is 0 Å². The highest BCUT2D eigenvalue weighted by molar-refractivity contribution is 5.98. The monoisotopic (exact) mass is 692 g/mol. The van der Waals surface area contributed by atoms with Crippen molar-refractivity contribution in [3.05, 3.63) is 24.3 Å². The van der Waals surface area contributed by atoms with Crippen molar-refractivity contribution in [2.75, 3.05) is 6.54 Å². The summed E-state index contributed by atoms with van der Waals surface area (Å²) in [7, 11) is 0. The summed E-state index contributed by atoms with van der Waals surface area (Å²) < 4.78 is 0. The summed E-state index contributed by atoms with van der Waals surface area (Å²) in [6.45, 7) is 8.21. The first kappa shape index (κ1) is 38.2. The zero-order chi connectivity index (χ0) is 36.0. The standard InChI is InChI=1S/C40H60N4O6/c1-5-10-27(36(48)34(47)20-26-15-16-26)21-33(46)35-30-14-9-13-28(30)24-44(35)39(50)37(40(2,3)4)43-38(49)29(19-25-11-7-6-8-12-25)22-32(45)31-23-41-17-18-42-31/h17-18,23,25-30,35-37,48H,5-16,19-22,24H2,1-4H3,(H,43,49)/t27-,28+,29-,30+,35+,36?,37-/m1/s1. The van der Waals surface area contributed by atoms with E-state index in [1.54, 1.807) is 4.90 Å². The van der Waals surface area contributed by atoms with E-state index in [2.05, 4.69) is 15.3 Å². The summed E-state index contributed by atoms with van der Waals surface area (Å²) in [5.41, 5.74) is -0.443. The average Bonchev–Trinajstić information content (AvgIpc) is 3.66. The van der Waals surface area contributed by atoms with Gasteiger partial charge in [0.25, 0.3) is 0 Å². The van der Waals surface area contributed by atoms with Gasteiger partial charge in [0.2, 0.25) is 11.8 Å². The normalized spacial score (nSPS) is 25.0. The third-order valence-electron chi connectivity index (χ3n) is 12.0. The lowest BCUT2D eigenvalue weighted by molar-refractivity contribution is -0.145. The number of likely N-dealkylation sites (tertiary alicyclic amines) is 1. The number of carbonyl (C=O) groups is 5. The largest absolute Gasteiger partial charge is 0.385 e. The second-order valence-corrected chi connectivity index (χ2v) is 17.0. The van der Waals surface area contributed by atoms with Crippen molar-refractivity contribution < 1.29 is 29.1 Å². The molecule has 1 aromatic heterocycles. The van der Waals surface area contributed by atoms with Crippen LogP contribution in [0, 0.1) is 40.9 Å². The van der Waals surface area contributed by atoms with Crippen LogP contribution in [0.2, 0.25) is 0 Å². The zero-order valence-corrected chi connectivity index (χ0v) is 30.8. The molecule has 10 nitrogen and oxygen atoms in total. The number of rotatable bonds is 17. The van der Waals surface area contributed by atoms with Gasteiger partial charge < -0.3 is 15.3 Å². The van der Waals surface area contributed by atoms with E-state index in [0.717, 1.165) is 64.2 Å². The summed E-state index contributed by atoms with van der Waals surface area (Å²) in [5, 5.41) is 14.2. The van der Waals surface area contributed by atoms with Crippen molar-refractivity contribution in [3.63, 3.8) is 0 Å². The van der Waals surface area contributed by atoms with Crippen molar-refractivity contribution in [1.29, 1.82) is 0 Å². The van der Waals surface area contributed by atoms with Crippen molar-refractivity contribution >= 4 is 29.2 Å². The third-order valence-corrected chi connectivity index (χ3v) is 12.0. The summed E-state index contributed by atoms with van der Waals surface area (Å²) in [6, 6.07) is -1.54. The van der Waals surface area contributed by atoms with Gasteiger partial charge in [0.05, 0.1) is 12.2 Å². The summed E-state index contributed by atoms with van der Waals surface area (Å²) in [4.78, 5) is 79.3. The molecule has 4 fully saturated rings. The summed E-state index contributed by atoms with van der Waals surface area (Å²) in [5.74, 6) is -1.25. The predicted octanol–water partition coefficient (Wildman–Crippen LogP) is 5.90. The Bertz CT molecular complexity index is 1350. The lowest BCUT2D eigenvalue weighted by Gasteiger charge is -2.37. The smallest absolute Gasteiger partial charge is 0.246 e. The Balaban J connectivity index is 1.34. The van der Waals surface area contributed by atoms with Crippen LogP contribution in [0.4, 0.5) is 0 Å². The number of hydrogen-bond donors (Lipinski definition) is 2. The van der Waals surface area contributed by atoms with Crippen LogP contribution in [0.1, 0.15) is 141 Å². The number of fused-ring (bicyclic) bond motifs is 1. The Morgan fingerprint density at radius 1 is 0.940 bits per heavy atom. The minimum absolute atomic E-state index is 0.0122. The van der Waals surface area contributed by atoms with Gasteiger partial charge in [-0.2, -0.15) is 0 Å². The number of nitrogens with zero attached hydrogens (tertiary/aromatic N) is 3. The number of nitrogens with one attached hydrogen (secondary N) is 1. The first-order chi connectivity index (χ1) is 23.9. The average molecular weight is 693 g/mol. The molecule has 7 atom stereocenters. The van der Waals surface area contributed by atoms with Crippen LogP contribution < -0.4 is 5.32 Å². The van der Waals surface area contributed by atoms with E-state index >= 15 is 0 Å². The van der Waals surface area contributed by atoms with Crippen LogP contribution in [0.5, 0.6) is 0 Å². The van der Waals surface area contributed by atoms with Gasteiger partial charge in [-0.3, -0.25) is 29.0 Å². The molecular formula is C40H60N4O6. The minimum atomic E-state index is -1.17. The van der Waals surface area contributed by atoms with Gasteiger partial charge in [-0.25, -0.2) is 4.98 Å². The second kappa shape index (κ2) is 17.0.